The van der Waals surface area contributed by atoms with Crippen LogP contribution in [0.3, 0.4) is 0 Å². The SMILES string of the molecule is CC(=O)Nc1ccc(C)c(NC(=O)CC(N)C2CC2)c1. The molecule has 0 radical (unpaired) electrons. The fraction of sp³-hybridized carbons (Fsp3) is 0.467. The highest BCUT2D eigenvalue weighted by Crippen LogP contribution is 2.33. The Morgan fingerprint density at radius 3 is 2.65 bits per heavy atom. The van der Waals surface area contributed by atoms with Crippen molar-refractivity contribution in [1.82, 2.24) is 0 Å². The quantitative estimate of drug-likeness (QED) is 0.768. The minimum atomic E-state index is -0.137. The van der Waals surface area contributed by atoms with Crippen LogP contribution in [0.15, 0.2) is 18.2 Å². The van der Waals surface area contributed by atoms with E-state index >= 15 is 0 Å². The lowest BCUT2D eigenvalue weighted by Gasteiger charge is -2.13. The lowest BCUT2D eigenvalue weighted by molar-refractivity contribution is -0.116. The van der Waals surface area contributed by atoms with E-state index in [1.807, 2.05) is 19.1 Å². The van der Waals surface area contributed by atoms with Crippen LogP contribution >= 0.6 is 0 Å². The molecule has 0 spiro atoms. The average Bonchev–Trinajstić information content (AvgIpc) is 3.16. The minimum absolute atomic E-state index is 0.0474. The molecule has 5 heteroatoms. The van der Waals surface area contributed by atoms with Gasteiger partial charge in [-0.05, 0) is 43.4 Å². The number of nitrogens with one attached hydrogen (secondary N) is 2. The molecule has 0 aliphatic heterocycles. The summed E-state index contributed by atoms with van der Waals surface area (Å²) in [5, 5.41) is 5.57. The minimum Gasteiger partial charge on any atom is -0.327 e. The molecule has 1 aromatic rings. The van der Waals surface area contributed by atoms with E-state index in [9.17, 15) is 9.59 Å². The Morgan fingerprint density at radius 2 is 2.05 bits per heavy atom. The Labute approximate surface area is 118 Å². The monoisotopic (exact) mass is 275 g/mol. The van der Waals surface area contributed by atoms with Crippen LogP contribution in [0.4, 0.5) is 11.4 Å². The number of benzene rings is 1. The van der Waals surface area contributed by atoms with Gasteiger partial charge in [0, 0.05) is 30.8 Å². The highest BCUT2D eigenvalue weighted by molar-refractivity contribution is 5.94. The Balaban J connectivity index is 1.99. The van der Waals surface area contributed by atoms with Crippen LogP contribution in [0, 0.1) is 12.8 Å². The van der Waals surface area contributed by atoms with E-state index in [0.717, 1.165) is 18.4 Å². The standard InChI is InChI=1S/C15H21N3O2/c1-9-3-6-12(17-10(2)19)7-14(9)18-15(20)8-13(16)11-4-5-11/h3,6-7,11,13H,4-5,8,16H2,1-2H3,(H,17,19)(H,18,20). The van der Waals surface area contributed by atoms with Crippen LogP contribution in [-0.4, -0.2) is 17.9 Å². The lowest BCUT2D eigenvalue weighted by Crippen LogP contribution is -2.29. The summed E-state index contributed by atoms with van der Waals surface area (Å²) in [4.78, 5) is 23.0. The summed E-state index contributed by atoms with van der Waals surface area (Å²) < 4.78 is 0. The predicted octanol–water partition coefficient (Wildman–Crippen LogP) is 2.02. The third-order valence-electron chi connectivity index (χ3n) is 3.48. The van der Waals surface area contributed by atoms with Gasteiger partial charge in [-0.1, -0.05) is 6.07 Å². The summed E-state index contributed by atoms with van der Waals surface area (Å²) in [6, 6.07) is 5.38. The number of hydrogen-bond acceptors (Lipinski definition) is 3. The van der Waals surface area contributed by atoms with Crippen LogP contribution in [0.25, 0.3) is 0 Å². The Kier molecular flexibility index (Phi) is 4.39. The highest BCUT2D eigenvalue weighted by Gasteiger charge is 2.29. The van der Waals surface area contributed by atoms with Crippen molar-refractivity contribution >= 4 is 23.2 Å². The number of hydrogen-bond donors (Lipinski definition) is 3. The number of amides is 2. The van der Waals surface area contributed by atoms with E-state index in [1.54, 1.807) is 6.07 Å². The number of aryl methyl sites for hydroxylation is 1. The molecule has 2 rings (SSSR count). The second-order valence-corrected chi connectivity index (χ2v) is 5.46. The third-order valence-corrected chi connectivity index (χ3v) is 3.48. The molecule has 1 saturated carbocycles. The molecule has 20 heavy (non-hydrogen) atoms. The van der Waals surface area contributed by atoms with Gasteiger partial charge in [0.15, 0.2) is 0 Å². The van der Waals surface area contributed by atoms with Gasteiger partial charge in [0.25, 0.3) is 0 Å². The van der Waals surface area contributed by atoms with Crippen LogP contribution in [0.2, 0.25) is 0 Å². The molecular formula is C15H21N3O2. The molecule has 0 saturated heterocycles. The Bertz CT molecular complexity index is 524. The van der Waals surface area contributed by atoms with Gasteiger partial charge in [0.05, 0.1) is 0 Å². The first-order valence-electron chi connectivity index (χ1n) is 6.89. The van der Waals surface area contributed by atoms with Crippen molar-refractivity contribution in [2.75, 3.05) is 10.6 Å². The number of rotatable bonds is 5. The van der Waals surface area contributed by atoms with Gasteiger partial charge in [-0.25, -0.2) is 0 Å². The number of anilines is 2. The molecule has 1 aromatic carbocycles. The predicted molar refractivity (Wildman–Crippen MR) is 79.4 cm³/mol. The molecule has 2 amide bonds. The van der Waals surface area contributed by atoms with Gasteiger partial charge in [-0.2, -0.15) is 0 Å². The van der Waals surface area contributed by atoms with Crippen molar-refractivity contribution in [3.05, 3.63) is 23.8 Å². The van der Waals surface area contributed by atoms with Crippen LogP contribution in [-0.2, 0) is 9.59 Å². The first kappa shape index (κ1) is 14.5. The lowest BCUT2D eigenvalue weighted by atomic mass is 10.1. The van der Waals surface area contributed by atoms with Crippen LogP contribution < -0.4 is 16.4 Å². The third kappa shape index (κ3) is 4.06. The van der Waals surface area contributed by atoms with E-state index < -0.39 is 0 Å². The van der Waals surface area contributed by atoms with E-state index in [1.165, 1.54) is 6.92 Å². The molecule has 1 aliphatic rings. The summed E-state index contributed by atoms with van der Waals surface area (Å²) >= 11 is 0. The van der Waals surface area contributed by atoms with Gasteiger partial charge in [0.2, 0.25) is 11.8 Å². The maximum Gasteiger partial charge on any atom is 0.225 e. The topological polar surface area (TPSA) is 84.2 Å². The first-order valence-corrected chi connectivity index (χ1v) is 6.89. The van der Waals surface area contributed by atoms with E-state index in [4.69, 9.17) is 5.73 Å². The fourth-order valence-electron chi connectivity index (χ4n) is 2.14. The van der Waals surface area contributed by atoms with E-state index in [-0.39, 0.29) is 17.9 Å². The molecule has 1 atom stereocenters. The molecule has 0 aromatic heterocycles. The molecule has 4 N–H and O–H groups in total. The van der Waals surface area contributed by atoms with Crippen molar-refractivity contribution in [2.45, 2.75) is 39.2 Å². The smallest absolute Gasteiger partial charge is 0.225 e. The van der Waals surface area contributed by atoms with Gasteiger partial charge >= 0.3 is 0 Å². The van der Waals surface area contributed by atoms with Gasteiger partial charge in [0.1, 0.15) is 0 Å². The summed E-state index contributed by atoms with van der Waals surface area (Å²) in [5.41, 5.74) is 8.28. The molecule has 0 heterocycles. The van der Waals surface area contributed by atoms with E-state index in [0.29, 0.717) is 23.7 Å². The second kappa shape index (κ2) is 6.05. The summed E-state index contributed by atoms with van der Waals surface area (Å²) in [6.45, 7) is 3.36. The van der Waals surface area contributed by atoms with Crippen LogP contribution in [0.5, 0.6) is 0 Å². The summed E-state index contributed by atoms with van der Waals surface area (Å²) in [5.74, 6) is 0.293. The van der Waals surface area contributed by atoms with Gasteiger partial charge in [-0.15, -0.1) is 0 Å². The van der Waals surface area contributed by atoms with Crippen LogP contribution in [0.1, 0.15) is 31.7 Å². The maximum absolute atomic E-state index is 12.0. The normalized spacial score (nSPS) is 15.6. The second-order valence-electron chi connectivity index (χ2n) is 5.46. The average molecular weight is 275 g/mol. The zero-order valence-corrected chi connectivity index (χ0v) is 11.9. The van der Waals surface area contributed by atoms with Crippen molar-refractivity contribution < 1.29 is 9.59 Å². The van der Waals surface area contributed by atoms with Crippen molar-refractivity contribution in [2.24, 2.45) is 11.7 Å². The Hall–Kier alpha value is -1.88. The fourth-order valence-corrected chi connectivity index (χ4v) is 2.14. The maximum atomic E-state index is 12.0. The molecular weight excluding hydrogens is 254 g/mol. The molecule has 108 valence electrons. The number of carbonyl (C=O) groups excluding carboxylic acids is 2. The van der Waals surface area contributed by atoms with Crippen molar-refractivity contribution in [3.8, 4) is 0 Å². The zero-order valence-electron chi connectivity index (χ0n) is 11.9. The summed E-state index contributed by atoms with van der Waals surface area (Å²) in [6.07, 6.45) is 2.60. The molecule has 0 bridgehead atoms. The van der Waals surface area contributed by atoms with Gasteiger partial charge in [-0.3, -0.25) is 9.59 Å². The first-order chi connectivity index (χ1) is 9.45. The summed E-state index contributed by atoms with van der Waals surface area (Å²) in [7, 11) is 0. The zero-order chi connectivity index (χ0) is 14.7. The number of carbonyl (C=O) groups is 2. The molecule has 1 fully saturated rings. The molecule has 5 nitrogen and oxygen atoms in total. The Morgan fingerprint density at radius 1 is 1.35 bits per heavy atom. The molecule has 1 unspecified atom stereocenters. The number of nitrogens with two attached hydrogens (primary N) is 1. The molecule has 1 aliphatic carbocycles. The van der Waals surface area contributed by atoms with Gasteiger partial charge < -0.3 is 16.4 Å². The van der Waals surface area contributed by atoms with Crippen molar-refractivity contribution in [3.63, 3.8) is 0 Å². The van der Waals surface area contributed by atoms with E-state index in [2.05, 4.69) is 10.6 Å². The largest absolute Gasteiger partial charge is 0.327 e. The highest BCUT2D eigenvalue weighted by atomic mass is 16.2. The van der Waals surface area contributed by atoms with Crippen molar-refractivity contribution in [1.29, 1.82) is 0 Å².